The maximum absolute atomic E-state index is 11.8. The summed E-state index contributed by atoms with van der Waals surface area (Å²) in [6.45, 7) is 2.73. The monoisotopic (exact) mass is 366 g/mol. The first-order chi connectivity index (χ1) is 13.3. The van der Waals surface area contributed by atoms with E-state index in [1.54, 1.807) is 6.21 Å². The van der Waals surface area contributed by atoms with Gasteiger partial charge in [0.05, 0.1) is 6.21 Å². The van der Waals surface area contributed by atoms with E-state index in [4.69, 9.17) is 4.74 Å². The van der Waals surface area contributed by atoms with Gasteiger partial charge in [0, 0.05) is 6.42 Å². The highest BCUT2D eigenvalue weighted by Gasteiger charge is 2.00. The maximum atomic E-state index is 11.8. The molecule has 4 nitrogen and oxygen atoms in total. The van der Waals surface area contributed by atoms with Crippen LogP contribution in [0.25, 0.3) is 0 Å². The third-order valence-corrected chi connectivity index (χ3v) is 4.27. The summed E-state index contributed by atoms with van der Waals surface area (Å²) < 4.78 is 5.80. The van der Waals surface area contributed by atoms with Crippen molar-refractivity contribution >= 4 is 12.1 Å². The Balaban J connectivity index is 1.69. The van der Waals surface area contributed by atoms with Crippen molar-refractivity contribution in [2.45, 2.75) is 58.5 Å². The van der Waals surface area contributed by atoms with Crippen molar-refractivity contribution in [1.29, 1.82) is 0 Å². The standard InChI is InChI=1S/C23H30N2O2/c1-2-3-4-5-6-10-16-23(26)25-24-18-21-14-11-15-22(17-21)27-19-20-12-8-7-9-13-20/h7-9,11-15,17-18H,2-6,10,16,19H2,1H3,(H,25,26)/b24-18+. The molecule has 0 bridgehead atoms. The van der Waals surface area contributed by atoms with Crippen LogP contribution in [0.4, 0.5) is 0 Å². The molecule has 0 fully saturated rings. The zero-order valence-electron chi connectivity index (χ0n) is 16.2. The molecule has 1 N–H and O–H groups in total. The highest BCUT2D eigenvalue weighted by Crippen LogP contribution is 2.14. The summed E-state index contributed by atoms with van der Waals surface area (Å²) in [6.07, 6.45) is 9.21. The summed E-state index contributed by atoms with van der Waals surface area (Å²) in [4.78, 5) is 11.8. The van der Waals surface area contributed by atoms with Gasteiger partial charge in [-0.1, -0.05) is 81.5 Å². The van der Waals surface area contributed by atoms with Gasteiger partial charge in [-0.25, -0.2) is 5.43 Å². The van der Waals surface area contributed by atoms with Crippen LogP contribution in [-0.4, -0.2) is 12.1 Å². The maximum Gasteiger partial charge on any atom is 0.240 e. The molecule has 0 aliphatic carbocycles. The third kappa shape index (κ3) is 9.04. The lowest BCUT2D eigenvalue weighted by Gasteiger charge is -2.06. The minimum Gasteiger partial charge on any atom is -0.489 e. The Morgan fingerprint density at radius 1 is 1.00 bits per heavy atom. The molecule has 27 heavy (non-hydrogen) atoms. The smallest absolute Gasteiger partial charge is 0.240 e. The summed E-state index contributed by atoms with van der Waals surface area (Å²) in [5.41, 5.74) is 4.61. The van der Waals surface area contributed by atoms with E-state index in [0.717, 1.165) is 29.7 Å². The second-order valence-corrected chi connectivity index (χ2v) is 6.66. The quantitative estimate of drug-likeness (QED) is 0.308. The molecule has 144 valence electrons. The fourth-order valence-corrected chi connectivity index (χ4v) is 2.73. The molecule has 0 aliphatic rings. The number of hydrogen-bond donors (Lipinski definition) is 1. The number of hydrazone groups is 1. The van der Waals surface area contributed by atoms with Crippen molar-refractivity contribution < 1.29 is 9.53 Å². The number of unbranched alkanes of at least 4 members (excludes halogenated alkanes) is 5. The van der Waals surface area contributed by atoms with Crippen LogP contribution in [0.15, 0.2) is 59.7 Å². The number of ether oxygens (including phenoxy) is 1. The minimum atomic E-state index is -0.0294. The van der Waals surface area contributed by atoms with Crippen molar-refractivity contribution in [3.8, 4) is 5.75 Å². The lowest BCUT2D eigenvalue weighted by Crippen LogP contribution is -2.16. The van der Waals surface area contributed by atoms with E-state index in [1.807, 2.05) is 54.6 Å². The SMILES string of the molecule is CCCCCCCCC(=O)N/N=C/c1cccc(OCc2ccccc2)c1. The summed E-state index contributed by atoms with van der Waals surface area (Å²) in [7, 11) is 0. The molecular weight excluding hydrogens is 336 g/mol. The molecule has 0 radical (unpaired) electrons. The molecule has 0 unspecified atom stereocenters. The average Bonchev–Trinajstić information content (AvgIpc) is 2.70. The van der Waals surface area contributed by atoms with Crippen molar-refractivity contribution in [2.24, 2.45) is 5.10 Å². The van der Waals surface area contributed by atoms with Crippen LogP contribution in [0, 0.1) is 0 Å². The van der Waals surface area contributed by atoms with Gasteiger partial charge in [0.2, 0.25) is 5.91 Å². The van der Waals surface area contributed by atoms with Gasteiger partial charge < -0.3 is 4.74 Å². The van der Waals surface area contributed by atoms with Crippen LogP contribution in [0.1, 0.15) is 63.0 Å². The van der Waals surface area contributed by atoms with E-state index < -0.39 is 0 Å². The number of amides is 1. The zero-order valence-corrected chi connectivity index (χ0v) is 16.2. The van der Waals surface area contributed by atoms with E-state index in [0.29, 0.717) is 13.0 Å². The molecule has 0 atom stereocenters. The third-order valence-electron chi connectivity index (χ3n) is 4.27. The number of carbonyl (C=O) groups excluding carboxylic acids is 1. The second kappa shape index (κ2) is 12.7. The molecule has 0 spiro atoms. The molecule has 0 heterocycles. The number of nitrogens with one attached hydrogen (secondary N) is 1. The average molecular weight is 367 g/mol. The van der Waals surface area contributed by atoms with Gasteiger partial charge in [0.15, 0.2) is 0 Å². The normalized spacial score (nSPS) is 10.9. The molecule has 0 saturated carbocycles. The first-order valence-electron chi connectivity index (χ1n) is 9.86. The molecule has 4 heteroatoms. The molecule has 0 saturated heterocycles. The van der Waals surface area contributed by atoms with Crippen LogP contribution < -0.4 is 10.2 Å². The Morgan fingerprint density at radius 2 is 1.78 bits per heavy atom. The van der Waals surface area contributed by atoms with E-state index in [9.17, 15) is 4.79 Å². The van der Waals surface area contributed by atoms with E-state index in [2.05, 4.69) is 17.5 Å². The summed E-state index contributed by atoms with van der Waals surface area (Å²) in [5, 5.41) is 4.05. The zero-order chi connectivity index (χ0) is 19.2. The van der Waals surface area contributed by atoms with Gasteiger partial charge in [-0.05, 0) is 29.7 Å². The molecular formula is C23H30N2O2. The fourth-order valence-electron chi connectivity index (χ4n) is 2.73. The number of benzene rings is 2. The highest BCUT2D eigenvalue weighted by atomic mass is 16.5. The number of rotatable bonds is 12. The lowest BCUT2D eigenvalue weighted by molar-refractivity contribution is -0.121. The minimum absolute atomic E-state index is 0.0294. The van der Waals surface area contributed by atoms with Crippen molar-refractivity contribution in [2.75, 3.05) is 0 Å². The van der Waals surface area contributed by atoms with E-state index >= 15 is 0 Å². The second-order valence-electron chi connectivity index (χ2n) is 6.66. The Kier molecular flexibility index (Phi) is 9.72. The summed E-state index contributed by atoms with van der Waals surface area (Å²) in [5.74, 6) is 0.749. The van der Waals surface area contributed by atoms with Gasteiger partial charge in [-0.3, -0.25) is 4.79 Å². The first-order valence-corrected chi connectivity index (χ1v) is 9.86. The highest BCUT2D eigenvalue weighted by molar-refractivity contribution is 5.82. The number of nitrogens with zero attached hydrogens (tertiary/aromatic N) is 1. The van der Waals surface area contributed by atoms with Crippen LogP contribution in [0.5, 0.6) is 5.75 Å². The predicted octanol–water partition coefficient (Wildman–Crippen LogP) is 5.47. The molecule has 2 aromatic rings. The topological polar surface area (TPSA) is 50.7 Å². The Labute approximate surface area is 162 Å². The molecule has 2 rings (SSSR count). The van der Waals surface area contributed by atoms with E-state index in [1.165, 1.54) is 25.7 Å². The van der Waals surface area contributed by atoms with Gasteiger partial charge >= 0.3 is 0 Å². The van der Waals surface area contributed by atoms with Crippen LogP contribution in [0.2, 0.25) is 0 Å². The van der Waals surface area contributed by atoms with Crippen LogP contribution in [-0.2, 0) is 11.4 Å². The summed E-state index contributed by atoms with van der Waals surface area (Å²) in [6, 6.07) is 17.7. The van der Waals surface area contributed by atoms with Crippen LogP contribution in [0.3, 0.4) is 0 Å². The Hall–Kier alpha value is -2.62. The summed E-state index contributed by atoms with van der Waals surface area (Å²) >= 11 is 0. The lowest BCUT2D eigenvalue weighted by atomic mass is 10.1. The fraction of sp³-hybridized carbons (Fsp3) is 0.391. The van der Waals surface area contributed by atoms with Crippen molar-refractivity contribution in [3.63, 3.8) is 0 Å². The first kappa shape index (κ1) is 20.7. The van der Waals surface area contributed by atoms with Gasteiger partial charge in [-0.15, -0.1) is 0 Å². The van der Waals surface area contributed by atoms with Crippen molar-refractivity contribution in [1.82, 2.24) is 5.43 Å². The predicted molar refractivity (Wildman–Crippen MR) is 111 cm³/mol. The molecule has 1 amide bonds. The molecule has 0 aromatic heterocycles. The van der Waals surface area contributed by atoms with Gasteiger partial charge in [0.1, 0.15) is 12.4 Å². The number of carbonyl (C=O) groups is 1. The Bertz CT molecular complexity index is 699. The molecule has 2 aromatic carbocycles. The van der Waals surface area contributed by atoms with Gasteiger partial charge in [0.25, 0.3) is 0 Å². The number of hydrogen-bond acceptors (Lipinski definition) is 3. The van der Waals surface area contributed by atoms with Crippen LogP contribution >= 0.6 is 0 Å². The van der Waals surface area contributed by atoms with Gasteiger partial charge in [-0.2, -0.15) is 5.10 Å². The van der Waals surface area contributed by atoms with Crippen molar-refractivity contribution in [3.05, 3.63) is 65.7 Å². The Morgan fingerprint density at radius 3 is 2.59 bits per heavy atom. The van der Waals surface area contributed by atoms with E-state index in [-0.39, 0.29) is 5.91 Å². The molecule has 0 aliphatic heterocycles. The largest absolute Gasteiger partial charge is 0.489 e.